The van der Waals surface area contributed by atoms with E-state index < -0.39 is 0 Å². The van der Waals surface area contributed by atoms with Crippen molar-refractivity contribution in [2.24, 2.45) is 5.92 Å². The second-order valence-electron chi connectivity index (χ2n) is 5.22. The van der Waals surface area contributed by atoms with Gasteiger partial charge in [0.15, 0.2) is 5.13 Å². The minimum atomic E-state index is -0.108. The first-order valence-electron chi connectivity index (χ1n) is 7.07. The van der Waals surface area contributed by atoms with E-state index in [0.717, 1.165) is 39.0 Å². The predicted octanol–water partition coefficient (Wildman–Crippen LogP) is 1.23. The normalized spacial score (nSPS) is 17.1. The molecule has 0 radical (unpaired) electrons. The zero-order valence-electron chi connectivity index (χ0n) is 12.1. The van der Waals surface area contributed by atoms with Gasteiger partial charge in [-0.3, -0.25) is 4.79 Å². The number of carbonyl (C=O) groups is 1. The van der Waals surface area contributed by atoms with Gasteiger partial charge in [0.25, 0.3) is 5.91 Å². The fourth-order valence-electron chi connectivity index (χ4n) is 2.30. The summed E-state index contributed by atoms with van der Waals surface area (Å²) in [6.45, 7) is 5.68. The molecule has 112 valence electrons. The third-order valence-corrected chi connectivity index (χ3v) is 4.60. The molecule has 1 fully saturated rings. The average Bonchev–Trinajstić information content (AvgIpc) is 2.79. The molecule has 0 atom stereocenters. The highest BCUT2D eigenvalue weighted by Gasteiger charge is 2.20. The van der Waals surface area contributed by atoms with Gasteiger partial charge in [-0.25, -0.2) is 4.98 Å². The second-order valence-corrected chi connectivity index (χ2v) is 6.22. The molecular formula is C13H23N5OS. The molecule has 0 bridgehead atoms. The Morgan fingerprint density at radius 3 is 2.85 bits per heavy atom. The van der Waals surface area contributed by atoms with Crippen molar-refractivity contribution in [1.82, 2.24) is 15.2 Å². The Kier molecular flexibility index (Phi) is 5.19. The van der Waals surface area contributed by atoms with Crippen molar-refractivity contribution >= 4 is 28.2 Å². The Morgan fingerprint density at radius 1 is 1.50 bits per heavy atom. The van der Waals surface area contributed by atoms with Crippen LogP contribution in [0.15, 0.2) is 0 Å². The van der Waals surface area contributed by atoms with E-state index in [-0.39, 0.29) is 5.91 Å². The second kappa shape index (κ2) is 6.90. The molecule has 4 N–H and O–H groups in total. The third-order valence-electron chi connectivity index (χ3n) is 3.58. The van der Waals surface area contributed by atoms with Crippen molar-refractivity contribution in [3.8, 4) is 0 Å². The highest BCUT2D eigenvalue weighted by atomic mass is 32.1. The molecular weight excluding hydrogens is 274 g/mol. The van der Waals surface area contributed by atoms with Crippen LogP contribution in [0.2, 0.25) is 0 Å². The van der Waals surface area contributed by atoms with Crippen LogP contribution in [0.3, 0.4) is 0 Å². The molecule has 7 heteroatoms. The van der Waals surface area contributed by atoms with Crippen LogP contribution in [0.1, 0.15) is 29.4 Å². The smallest absolute Gasteiger partial charge is 0.265 e. The molecule has 2 rings (SSSR count). The van der Waals surface area contributed by atoms with Gasteiger partial charge in [-0.2, -0.15) is 0 Å². The number of anilines is 2. The lowest BCUT2D eigenvalue weighted by molar-refractivity contribution is 0.0944. The van der Waals surface area contributed by atoms with Crippen LogP contribution >= 0.6 is 11.3 Å². The molecule has 0 aromatic carbocycles. The lowest BCUT2D eigenvalue weighted by Gasteiger charge is -2.28. The van der Waals surface area contributed by atoms with Crippen molar-refractivity contribution in [2.45, 2.75) is 19.8 Å². The van der Waals surface area contributed by atoms with E-state index in [1.807, 2.05) is 6.92 Å². The number of hydrogen-bond donors (Lipinski definition) is 3. The van der Waals surface area contributed by atoms with E-state index in [9.17, 15) is 4.79 Å². The highest BCUT2D eigenvalue weighted by Crippen LogP contribution is 2.24. The van der Waals surface area contributed by atoms with Gasteiger partial charge in [0.1, 0.15) is 10.7 Å². The average molecular weight is 297 g/mol. The number of nitrogen functional groups attached to an aromatic ring is 1. The summed E-state index contributed by atoms with van der Waals surface area (Å²) in [4.78, 5) is 19.1. The number of likely N-dealkylation sites (tertiary alicyclic amines) is 1. The van der Waals surface area contributed by atoms with Crippen LogP contribution in [0.25, 0.3) is 0 Å². The first-order chi connectivity index (χ1) is 9.60. The first kappa shape index (κ1) is 15.1. The molecule has 0 spiro atoms. The molecule has 1 aliphatic heterocycles. The minimum Gasteiger partial charge on any atom is -0.382 e. The van der Waals surface area contributed by atoms with Gasteiger partial charge in [0.2, 0.25) is 0 Å². The Morgan fingerprint density at radius 2 is 2.20 bits per heavy atom. The van der Waals surface area contributed by atoms with Crippen LogP contribution in [0.5, 0.6) is 0 Å². The summed E-state index contributed by atoms with van der Waals surface area (Å²) >= 11 is 1.31. The zero-order chi connectivity index (χ0) is 14.5. The summed E-state index contributed by atoms with van der Waals surface area (Å²) in [6.07, 6.45) is 2.27. The van der Waals surface area contributed by atoms with Crippen molar-refractivity contribution in [1.29, 1.82) is 0 Å². The van der Waals surface area contributed by atoms with Crippen molar-refractivity contribution in [3.63, 3.8) is 0 Å². The minimum absolute atomic E-state index is 0.108. The summed E-state index contributed by atoms with van der Waals surface area (Å²) < 4.78 is 0. The number of nitrogens with one attached hydrogen (secondary N) is 2. The van der Waals surface area contributed by atoms with E-state index in [1.54, 1.807) is 0 Å². The number of aromatic nitrogens is 1. The molecule has 0 saturated carbocycles. The highest BCUT2D eigenvalue weighted by molar-refractivity contribution is 7.18. The number of rotatable bonds is 5. The van der Waals surface area contributed by atoms with E-state index in [0.29, 0.717) is 21.7 Å². The van der Waals surface area contributed by atoms with Gasteiger partial charge >= 0.3 is 0 Å². The van der Waals surface area contributed by atoms with E-state index in [4.69, 9.17) is 5.73 Å². The number of nitrogens with two attached hydrogens (primary N) is 1. The van der Waals surface area contributed by atoms with Gasteiger partial charge in [0.05, 0.1) is 0 Å². The molecule has 2 heterocycles. The number of piperidine rings is 1. The molecule has 1 amide bonds. The molecule has 0 unspecified atom stereocenters. The number of amides is 1. The fourth-order valence-corrected chi connectivity index (χ4v) is 3.17. The fraction of sp³-hybridized carbons (Fsp3) is 0.692. The monoisotopic (exact) mass is 297 g/mol. The van der Waals surface area contributed by atoms with Gasteiger partial charge in [-0.1, -0.05) is 11.3 Å². The van der Waals surface area contributed by atoms with Gasteiger partial charge in [0, 0.05) is 13.1 Å². The molecule has 1 aromatic heterocycles. The maximum absolute atomic E-state index is 12.1. The summed E-state index contributed by atoms with van der Waals surface area (Å²) in [6, 6.07) is 0. The number of thiazole rings is 1. The first-order valence-corrected chi connectivity index (χ1v) is 7.88. The Balaban J connectivity index is 1.85. The van der Waals surface area contributed by atoms with Crippen LogP contribution in [0.4, 0.5) is 10.9 Å². The largest absolute Gasteiger partial charge is 0.382 e. The number of hydrogen-bond acceptors (Lipinski definition) is 6. The Bertz CT molecular complexity index is 454. The van der Waals surface area contributed by atoms with Crippen molar-refractivity contribution < 1.29 is 4.79 Å². The van der Waals surface area contributed by atoms with Crippen LogP contribution < -0.4 is 16.4 Å². The van der Waals surface area contributed by atoms with Gasteiger partial charge in [-0.05, 0) is 45.8 Å². The lowest BCUT2D eigenvalue weighted by Crippen LogP contribution is -2.36. The molecule has 1 saturated heterocycles. The van der Waals surface area contributed by atoms with E-state index >= 15 is 0 Å². The maximum atomic E-state index is 12.1. The van der Waals surface area contributed by atoms with Crippen molar-refractivity contribution in [2.75, 3.05) is 44.3 Å². The maximum Gasteiger partial charge on any atom is 0.265 e. The summed E-state index contributed by atoms with van der Waals surface area (Å²) in [5.41, 5.74) is 5.79. The SMILES string of the molecule is CCNc1nc(N)c(C(=O)NCC2CCN(C)CC2)s1. The van der Waals surface area contributed by atoms with Crippen molar-refractivity contribution in [3.05, 3.63) is 4.88 Å². The lowest BCUT2D eigenvalue weighted by atomic mass is 9.97. The Labute approximate surface area is 123 Å². The summed E-state index contributed by atoms with van der Waals surface area (Å²) in [5, 5.41) is 6.76. The van der Waals surface area contributed by atoms with E-state index in [1.165, 1.54) is 11.3 Å². The number of carbonyl (C=O) groups excluding carboxylic acids is 1. The topological polar surface area (TPSA) is 83.3 Å². The molecule has 6 nitrogen and oxygen atoms in total. The Hall–Kier alpha value is -1.34. The third kappa shape index (κ3) is 3.83. The van der Waals surface area contributed by atoms with Crippen LogP contribution in [-0.2, 0) is 0 Å². The molecule has 20 heavy (non-hydrogen) atoms. The van der Waals surface area contributed by atoms with Crippen LogP contribution in [-0.4, -0.2) is 49.0 Å². The summed E-state index contributed by atoms with van der Waals surface area (Å²) in [7, 11) is 2.13. The standard InChI is InChI=1S/C13H23N5OS/c1-3-15-13-17-11(14)10(20-13)12(19)16-8-9-4-6-18(2)7-5-9/h9H,3-8,14H2,1-2H3,(H,15,17)(H,16,19). The zero-order valence-corrected chi connectivity index (χ0v) is 12.9. The molecule has 1 aromatic rings. The molecule has 1 aliphatic rings. The van der Waals surface area contributed by atoms with Crippen LogP contribution in [0, 0.1) is 5.92 Å². The van der Waals surface area contributed by atoms with Gasteiger partial charge < -0.3 is 21.3 Å². The number of nitrogens with zero attached hydrogens (tertiary/aromatic N) is 2. The van der Waals surface area contributed by atoms with E-state index in [2.05, 4.69) is 27.6 Å². The quantitative estimate of drug-likeness (QED) is 0.761. The van der Waals surface area contributed by atoms with Gasteiger partial charge in [-0.15, -0.1) is 0 Å². The summed E-state index contributed by atoms with van der Waals surface area (Å²) in [5.74, 6) is 0.771. The molecule has 0 aliphatic carbocycles. The predicted molar refractivity (Wildman–Crippen MR) is 83.2 cm³/mol.